The molecule has 0 saturated carbocycles. The molecule has 142 valence electrons. The van der Waals surface area contributed by atoms with Crippen molar-refractivity contribution < 1.29 is 19.0 Å². The Morgan fingerprint density at radius 3 is 2.30 bits per heavy atom. The summed E-state index contributed by atoms with van der Waals surface area (Å²) in [5.74, 6) is 2.11. The molecule has 4 heteroatoms. The lowest BCUT2D eigenvalue weighted by molar-refractivity contribution is 0.104. The van der Waals surface area contributed by atoms with Crippen LogP contribution in [-0.4, -0.2) is 25.6 Å². The lowest BCUT2D eigenvalue weighted by Crippen LogP contribution is -1.99. The highest BCUT2D eigenvalue weighted by Gasteiger charge is 2.09. The highest BCUT2D eigenvalue weighted by atomic mass is 16.5. The molecule has 0 aliphatic heterocycles. The van der Waals surface area contributed by atoms with Crippen molar-refractivity contribution in [2.45, 2.75) is 20.8 Å². The van der Waals surface area contributed by atoms with Crippen LogP contribution in [0.2, 0.25) is 0 Å². The zero-order valence-electron chi connectivity index (χ0n) is 16.2. The topological polar surface area (TPSA) is 44.8 Å². The third-order valence-electron chi connectivity index (χ3n) is 3.83. The molecule has 0 aliphatic rings. The Hall–Kier alpha value is -3.01. The zero-order chi connectivity index (χ0) is 19.6. The van der Waals surface area contributed by atoms with Gasteiger partial charge < -0.3 is 14.2 Å². The van der Waals surface area contributed by atoms with Crippen LogP contribution in [-0.2, 0) is 0 Å². The number of ketones is 1. The predicted octanol–water partition coefficient (Wildman–Crippen LogP) is 5.25. The minimum Gasteiger partial charge on any atom is -0.493 e. The second-order valence-corrected chi connectivity index (χ2v) is 5.84. The van der Waals surface area contributed by atoms with E-state index in [1.807, 2.05) is 32.9 Å². The maximum absolute atomic E-state index is 12.5. The number of carbonyl (C=O) groups excluding carboxylic acids is 1. The molecule has 4 nitrogen and oxygen atoms in total. The largest absolute Gasteiger partial charge is 0.493 e. The minimum absolute atomic E-state index is 0.0840. The van der Waals surface area contributed by atoms with E-state index in [1.165, 1.54) is 0 Å². The number of hydrogen-bond acceptors (Lipinski definition) is 4. The number of hydrogen-bond donors (Lipinski definition) is 0. The third-order valence-corrected chi connectivity index (χ3v) is 3.83. The van der Waals surface area contributed by atoms with E-state index >= 15 is 0 Å². The quantitative estimate of drug-likeness (QED) is 0.327. The SMILES string of the molecule is C=CCOc1ccc(C(=O)C=Cc2cc(C)c(OCC)cc2OCC)cc1. The maximum atomic E-state index is 12.5. The Morgan fingerprint density at radius 2 is 1.67 bits per heavy atom. The fraction of sp³-hybridized carbons (Fsp3) is 0.261. The van der Waals surface area contributed by atoms with E-state index in [4.69, 9.17) is 14.2 Å². The van der Waals surface area contributed by atoms with Crippen LogP contribution in [0.15, 0.2) is 55.1 Å². The van der Waals surface area contributed by atoms with Crippen molar-refractivity contribution in [3.8, 4) is 17.2 Å². The summed E-state index contributed by atoms with van der Waals surface area (Å²) in [6.45, 7) is 11.0. The Kier molecular flexibility index (Phi) is 7.68. The number of rotatable bonds is 10. The molecule has 0 spiro atoms. The normalized spacial score (nSPS) is 10.6. The average Bonchev–Trinajstić information content (AvgIpc) is 2.68. The summed E-state index contributed by atoms with van der Waals surface area (Å²) in [7, 11) is 0. The molecule has 0 aliphatic carbocycles. The number of allylic oxidation sites excluding steroid dienone is 1. The molecule has 0 N–H and O–H groups in total. The van der Waals surface area contributed by atoms with Gasteiger partial charge in [0.05, 0.1) is 13.2 Å². The van der Waals surface area contributed by atoms with Gasteiger partial charge in [-0.05, 0) is 68.8 Å². The fourth-order valence-corrected chi connectivity index (χ4v) is 2.55. The lowest BCUT2D eigenvalue weighted by Gasteiger charge is -2.13. The third kappa shape index (κ3) is 5.74. The molecular formula is C23H26O4. The van der Waals surface area contributed by atoms with Gasteiger partial charge in [-0.3, -0.25) is 4.79 Å². The van der Waals surface area contributed by atoms with E-state index in [0.717, 1.165) is 16.9 Å². The molecule has 2 aromatic carbocycles. The first kappa shape index (κ1) is 20.3. The van der Waals surface area contributed by atoms with Gasteiger partial charge in [0, 0.05) is 17.2 Å². The summed E-state index contributed by atoms with van der Waals surface area (Å²) in [5.41, 5.74) is 2.44. The first-order valence-electron chi connectivity index (χ1n) is 9.05. The van der Waals surface area contributed by atoms with Crippen LogP contribution >= 0.6 is 0 Å². The van der Waals surface area contributed by atoms with Gasteiger partial charge in [0.2, 0.25) is 0 Å². The fourth-order valence-electron chi connectivity index (χ4n) is 2.55. The number of ether oxygens (including phenoxy) is 3. The van der Waals surface area contributed by atoms with Crippen LogP contribution in [0.3, 0.4) is 0 Å². The monoisotopic (exact) mass is 366 g/mol. The smallest absolute Gasteiger partial charge is 0.185 e. The van der Waals surface area contributed by atoms with Gasteiger partial charge in [-0.2, -0.15) is 0 Å². The summed E-state index contributed by atoms with van der Waals surface area (Å²) < 4.78 is 16.8. The van der Waals surface area contributed by atoms with Gasteiger partial charge in [0.1, 0.15) is 23.9 Å². The van der Waals surface area contributed by atoms with Gasteiger partial charge in [-0.15, -0.1) is 0 Å². The van der Waals surface area contributed by atoms with Gasteiger partial charge in [-0.25, -0.2) is 0 Å². The molecule has 2 aromatic rings. The van der Waals surface area contributed by atoms with Crippen molar-refractivity contribution in [3.05, 3.63) is 71.8 Å². The molecule has 0 radical (unpaired) electrons. The summed E-state index contributed by atoms with van der Waals surface area (Å²) >= 11 is 0. The van der Waals surface area contributed by atoms with Crippen LogP contribution in [0.1, 0.15) is 35.3 Å². The molecule has 2 rings (SSSR count). The average molecular weight is 366 g/mol. The second kappa shape index (κ2) is 10.2. The van der Waals surface area contributed by atoms with Crippen LogP contribution in [0, 0.1) is 6.92 Å². The van der Waals surface area contributed by atoms with Crippen molar-refractivity contribution in [1.29, 1.82) is 0 Å². The second-order valence-electron chi connectivity index (χ2n) is 5.84. The molecule has 0 aromatic heterocycles. The van der Waals surface area contributed by atoms with Gasteiger partial charge in [0.25, 0.3) is 0 Å². The lowest BCUT2D eigenvalue weighted by atomic mass is 10.1. The summed E-state index contributed by atoms with van der Waals surface area (Å²) in [6, 6.07) is 10.9. The Balaban J connectivity index is 2.19. The van der Waals surface area contributed by atoms with Gasteiger partial charge in [-0.1, -0.05) is 12.7 Å². The maximum Gasteiger partial charge on any atom is 0.185 e. The molecule has 0 heterocycles. The van der Waals surface area contributed by atoms with Gasteiger partial charge >= 0.3 is 0 Å². The molecular weight excluding hydrogens is 340 g/mol. The molecule has 0 atom stereocenters. The molecule has 0 amide bonds. The highest BCUT2D eigenvalue weighted by Crippen LogP contribution is 2.30. The standard InChI is InChI=1S/C23H26O4/c1-5-14-27-20-11-8-18(9-12-20)21(24)13-10-19-15-17(4)22(25-6-2)16-23(19)26-7-3/h5,8-13,15-16H,1,6-7,14H2,2-4H3. The molecule has 0 bridgehead atoms. The van der Waals surface area contributed by atoms with Crippen molar-refractivity contribution in [2.75, 3.05) is 19.8 Å². The molecule has 0 unspecified atom stereocenters. The van der Waals surface area contributed by atoms with Crippen LogP contribution < -0.4 is 14.2 Å². The van der Waals surface area contributed by atoms with E-state index in [2.05, 4.69) is 6.58 Å². The van der Waals surface area contributed by atoms with Crippen LogP contribution in [0.5, 0.6) is 17.2 Å². The summed E-state index contributed by atoms with van der Waals surface area (Å²) in [6.07, 6.45) is 5.01. The van der Waals surface area contributed by atoms with E-state index in [1.54, 1.807) is 42.5 Å². The number of aryl methyl sites for hydroxylation is 1. The molecule has 0 fully saturated rings. The van der Waals surface area contributed by atoms with Gasteiger partial charge in [0.15, 0.2) is 5.78 Å². The van der Waals surface area contributed by atoms with Crippen molar-refractivity contribution in [2.24, 2.45) is 0 Å². The summed E-state index contributed by atoms with van der Waals surface area (Å²) in [5, 5.41) is 0. The van der Waals surface area contributed by atoms with Crippen molar-refractivity contribution in [3.63, 3.8) is 0 Å². The molecule has 0 saturated heterocycles. The van der Waals surface area contributed by atoms with Crippen molar-refractivity contribution >= 4 is 11.9 Å². The highest BCUT2D eigenvalue weighted by molar-refractivity contribution is 6.07. The zero-order valence-corrected chi connectivity index (χ0v) is 16.2. The Labute approximate surface area is 161 Å². The van der Waals surface area contributed by atoms with E-state index < -0.39 is 0 Å². The first-order valence-corrected chi connectivity index (χ1v) is 9.05. The first-order chi connectivity index (χ1) is 13.1. The Bertz CT molecular complexity index is 804. The van der Waals surface area contributed by atoms with E-state index in [9.17, 15) is 4.79 Å². The molecule has 27 heavy (non-hydrogen) atoms. The Morgan fingerprint density at radius 1 is 1.00 bits per heavy atom. The number of carbonyl (C=O) groups is 1. The predicted molar refractivity (Wildman–Crippen MR) is 109 cm³/mol. The van der Waals surface area contributed by atoms with Crippen LogP contribution in [0.4, 0.5) is 0 Å². The van der Waals surface area contributed by atoms with Crippen molar-refractivity contribution in [1.82, 2.24) is 0 Å². The van der Waals surface area contributed by atoms with E-state index in [0.29, 0.717) is 36.9 Å². The van der Waals surface area contributed by atoms with Crippen LogP contribution in [0.25, 0.3) is 6.08 Å². The number of benzene rings is 2. The summed E-state index contributed by atoms with van der Waals surface area (Å²) in [4.78, 5) is 12.5. The van der Waals surface area contributed by atoms with E-state index in [-0.39, 0.29) is 5.78 Å². The minimum atomic E-state index is -0.0840.